The van der Waals surface area contributed by atoms with Gasteiger partial charge in [0.1, 0.15) is 12.4 Å². The Kier molecular flexibility index (Phi) is 2.84. The van der Waals surface area contributed by atoms with Crippen molar-refractivity contribution in [2.75, 3.05) is 0 Å². The minimum atomic E-state index is 0.256. The van der Waals surface area contributed by atoms with Crippen molar-refractivity contribution >= 4 is 15.9 Å². The lowest BCUT2D eigenvalue weighted by atomic mass is 9.96. The maximum absolute atomic E-state index is 5.65. The second-order valence-corrected chi connectivity index (χ2v) is 5.41. The number of benzene rings is 1. The van der Waals surface area contributed by atoms with Gasteiger partial charge in [-0.25, -0.2) is 4.68 Å². The largest absolute Gasteiger partial charge is 0.459 e. The van der Waals surface area contributed by atoms with Gasteiger partial charge < -0.3 is 4.74 Å². The molecule has 1 saturated carbocycles. The SMILES string of the molecule is BrC1CC(Oc2ncn(-c3ccccc3)n2)C1. The Balaban J connectivity index is 1.70. The lowest BCUT2D eigenvalue weighted by Crippen LogP contribution is -2.34. The molecule has 0 spiro atoms. The van der Waals surface area contributed by atoms with E-state index in [0.29, 0.717) is 10.8 Å². The third-order valence-corrected chi connectivity index (χ3v) is 3.55. The molecule has 1 aromatic heterocycles. The highest BCUT2D eigenvalue weighted by atomic mass is 79.9. The third-order valence-electron chi connectivity index (χ3n) is 2.80. The van der Waals surface area contributed by atoms with Crippen LogP contribution in [0.1, 0.15) is 12.8 Å². The van der Waals surface area contributed by atoms with Gasteiger partial charge in [-0.3, -0.25) is 0 Å². The van der Waals surface area contributed by atoms with E-state index in [0.717, 1.165) is 18.5 Å². The first-order chi connectivity index (χ1) is 8.31. The first-order valence-corrected chi connectivity index (χ1v) is 6.50. The molecule has 5 heteroatoms. The van der Waals surface area contributed by atoms with Gasteiger partial charge in [-0.2, -0.15) is 4.98 Å². The predicted octanol–water partition coefficient (Wildman–Crippen LogP) is 2.57. The molecule has 88 valence electrons. The molecular formula is C12H12BrN3O. The van der Waals surface area contributed by atoms with Crippen LogP contribution in [0.5, 0.6) is 6.01 Å². The summed E-state index contributed by atoms with van der Waals surface area (Å²) in [6, 6.07) is 10.3. The Morgan fingerprint density at radius 2 is 2.00 bits per heavy atom. The predicted molar refractivity (Wildman–Crippen MR) is 67.7 cm³/mol. The summed E-state index contributed by atoms with van der Waals surface area (Å²) in [6.45, 7) is 0. The standard InChI is InChI=1S/C12H12BrN3O/c13-9-6-11(7-9)17-12-14-8-16(15-12)10-4-2-1-3-5-10/h1-5,8-9,11H,6-7H2. The number of hydrogen-bond acceptors (Lipinski definition) is 3. The molecule has 1 heterocycles. The molecule has 0 radical (unpaired) electrons. The van der Waals surface area contributed by atoms with E-state index in [1.165, 1.54) is 0 Å². The van der Waals surface area contributed by atoms with Gasteiger partial charge in [0.15, 0.2) is 0 Å². The summed E-state index contributed by atoms with van der Waals surface area (Å²) in [5.74, 6) is 0. The zero-order chi connectivity index (χ0) is 11.7. The Morgan fingerprint density at radius 1 is 1.24 bits per heavy atom. The second-order valence-electron chi connectivity index (χ2n) is 4.12. The number of aromatic nitrogens is 3. The summed E-state index contributed by atoms with van der Waals surface area (Å²) in [5, 5.41) is 4.30. The van der Waals surface area contributed by atoms with E-state index in [-0.39, 0.29) is 6.10 Å². The summed E-state index contributed by atoms with van der Waals surface area (Å²) in [4.78, 5) is 4.74. The van der Waals surface area contributed by atoms with Crippen LogP contribution in [0.2, 0.25) is 0 Å². The monoisotopic (exact) mass is 293 g/mol. The van der Waals surface area contributed by atoms with E-state index in [4.69, 9.17) is 4.74 Å². The highest BCUT2D eigenvalue weighted by Crippen LogP contribution is 2.29. The summed E-state index contributed by atoms with van der Waals surface area (Å²) in [6.07, 6.45) is 3.99. The van der Waals surface area contributed by atoms with Crippen LogP contribution in [0, 0.1) is 0 Å². The molecule has 0 bridgehead atoms. The van der Waals surface area contributed by atoms with Crippen molar-refractivity contribution < 1.29 is 4.74 Å². The maximum Gasteiger partial charge on any atom is 0.336 e. The Bertz CT molecular complexity index is 493. The molecule has 0 atom stereocenters. The topological polar surface area (TPSA) is 39.9 Å². The molecular weight excluding hydrogens is 282 g/mol. The smallest absolute Gasteiger partial charge is 0.336 e. The normalized spacial score (nSPS) is 23.1. The lowest BCUT2D eigenvalue weighted by molar-refractivity contribution is 0.116. The molecule has 0 unspecified atom stereocenters. The van der Waals surface area contributed by atoms with Crippen LogP contribution in [-0.2, 0) is 0 Å². The number of hydrogen-bond donors (Lipinski definition) is 0. The molecule has 1 fully saturated rings. The molecule has 0 N–H and O–H groups in total. The number of alkyl halides is 1. The van der Waals surface area contributed by atoms with Crippen molar-refractivity contribution in [1.82, 2.24) is 14.8 Å². The van der Waals surface area contributed by atoms with Gasteiger partial charge in [0.2, 0.25) is 0 Å². The van der Waals surface area contributed by atoms with E-state index in [9.17, 15) is 0 Å². The van der Waals surface area contributed by atoms with Crippen molar-refractivity contribution in [3.05, 3.63) is 36.7 Å². The van der Waals surface area contributed by atoms with E-state index in [2.05, 4.69) is 26.0 Å². The van der Waals surface area contributed by atoms with Crippen molar-refractivity contribution in [1.29, 1.82) is 0 Å². The van der Waals surface area contributed by atoms with E-state index >= 15 is 0 Å². The fourth-order valence-corrected chi connectivity index (χ4v) is 2.59. The zero-order valence-corrected chi connectivity index (χ0v) is 10.7. The van der Waals surface area contributed by atoms with Gasteiger partial charge in [0, 0.05) is 4.83 Å². The molecule has 17 heavy (non-hydrogen) atoms. The first kappa shape index (κ1) is 10.8. The molecule has 4 nitrogen and oxygen atoms in total. The van der Waals surface area contributed by atoms with Crippen LogP contribution in [0.3, 0.4) is 0 Å². The molecule has 1 aliphatic carbocycles. The maximum atomic E-state index is 5.65. The first-order valence-electron chi connectivity index (χ1n) is 5.59. The highest BCUT2D eigenvalue weighted by molar-refractivity contribution is 9.09. The van der Waals surface area contributed by atoms with Crippen LogP contribution in [0.25, 0.3) is 5.69 Å². The highest BCUT2D eigenvalue weighted by Gasteiger charge is 2.29. The van der Waals surface area contributed by atoms with Crippen molar-refractivity contribution in [3.63, 3.8) is 0 Å². The van der Waals surface area contributed by atoms with Crippen LogP contribution in [0.4, 0.5) is 0 Å². The van der Waals surface area contributed by atoms with Gasteiger partial charge in [0.05, 0.1) is 5.69 Å². The second kappa shape index (κ2) is 4.49. The van der Waals surface area contributed by atoms with Crippen LogP contribution < -0.4 is 4.74 Å². The van der Waals surface area contributed by atoms with Crippen molar-refractivity contribution in [3.8, 4) is 11.7 Å². The third kappa shape index (κ3) is 2.34. The number of rotatable bonds is 3. The minimum absolute atomic E-state index is 0.256. The number of halogens is 1. The fourth-order valence-electron chi connectivity index (χ4n) is 1.75. The molecule has 3 rings (SSSR count). The summed E-state index contributed by atoms with van der Waals surface area (Å²) < 4.78 is 7.37. The van der Waals surface area contributed by atoms with Gasteiger partial charge in [-0.15, -0.1) is 5.10 Å². The number of para-hydroxylation sites is 1. The Morgan fingerprint density at radius 3 is 2.71 bits per heavy atom. The summed E-state index contributed by atoms with van der Waals surface area (Å²) >= 11 is 3.53. The van der Waals surface area contributed by atoms with Crippen LogP contribution >= 0.6 is 15.9 Å². The summed E-state index contributed by atoms with van der Waals surface area (Å²) in [5.41, 5.74) is 0.988. The number of nitrogens with zero attached hydrogens (tertiary/aromatic N) is 3. The minimum Gasteiger partial charge on any atom is -0.459 e. The van der Waals surface area contributed by atoms with Crippen LogP contribution in [-0.4, -0.2) is 25.7 Å². The van der Waals surface area contributed by atoms with Gasteiger partial charge in [0.25, 0.3) is 0 Å². The Labute approximate surface area is 108 Å². The quantitative estimate of drug-likeness (QED) is 0.817. The van der Waals surface area contributed by atoms with Gasteiger partial charge in [-0.1, -0.05) is 34.1 Å². The molecule has 0 saturated heterocycles. The zero-order valence-electron chi connectivity index (χ0n) is 9.16. The van der Waals surface area contributed by atoms with E-state index < -0.39 is 0 Å². The Hall–Kier alpha value is -1.36. The fraction of sp³-hybridized carbons (Fsp3) is 0.333. The molecule has 0 aliphatic heterocycles. The van der Waals surface area contributed by atoms with Crippen LogP contribution in [0.15, 0.2) is 36.7 Å². The van der Waals surface area contributed by atoms with Crippen molar-refractivity contribution in [2.24, 2.45) is 0 Å². The van der Waals surface area contributed by atoms with Gasteiger partial charge in [-0.05, 0) is 25.0 Å². The lowest BCUT2D eigenvalue weighted by Gasteiger charge is -2.29. The average molecular weight is 294 g/mol. The van der Waals surface area contributed by atoms with Crippen molar-refractivity contribution in [2.45, 2.75) is 23.8 Å². The average Bonchev–Trinajstić information content (AvgIpc) is 2.77. The van der Waals surface area contributed by atoms with Gasteiger partial charge >= 0.3 is 6.01 Å². The molecule has 2 aromatic rings. The molecule has 0 amide bonds. The molecule has 1 aliphatic rings. The van der Waals surface area contributed by atoms with E-state index in [1.54, 1.807) is 11.0 Å². The van der Waals surface area contributed by atoms with E-state index in [1.807, 2.05) is 30.3 Å². The number of ether oxygens (including phenoxy) is 1. The summed E-state index contributed by atoms with van der Waals surface area (Å²) in [7, 11) is 0. The molecule has 1 aromatic carbocycles.